The van der Waals surface area contributed by atoms with Crippen molar-refractivity contribution in [3.8, 4) is 0 Å². The van der Waals surface area contributed by atoms with E-state index >= 15 is 0 Å². The lowest BCUT2D eigenvalue weighted by Gasteiger charge is -2.28. The normalized spacial score (nSPS) is 16.0. The molecule has 1 aromatic heterocycles. The van der Waals surface area contributed by atoms with E-state index in [0.29, 0.717) is 18.7 Å². The van der Waals surface area contributed by atoms with E-state index < -0.39 is 0 Å². The lowest BCUT2D eigenvalue weighted by molar-refractivity contribution is -0.119. The molecule has 0 radical (unpaired) electrons. The van der Waals surface area contributed by atoms with Gasteiger partial charge in [0.2, 0.25) is 5.91 Å². The minimum atomic E-state index is -0.182. The molecule has 7 heteroatoms. The lowest BCUT2D eigenvalue weighted by Crippen LogP contribution is -2.45. The van der Waals surface area contributed by atoms with E-state index in [1.165, 1.54) is 0 Å². The van der Waals surface area contributed by atoms with Crippen LogP contribution in [0.1, 0.15) is 54.3 Å². The second-order valence-corrected chi connectivity index (χ2v) is 8.16. The highest BCUT2D eigenvalue weighted by Gasteiger charge is 2.29. The van der Waals surface area contributed by atoms with Crippen LogP contribution in [0.25, 0.3) is 0 Å². The summed E-state index contributed by atoms with van der Waals surface area (Å²) in [4.78, 5) is 26.6. The molecule has 0 bridgehead atoms. The van der Waals surface area contributed by atoms with E-state index in [9.17, 15) is 9.59 Å². The average Bonchev–Trinajstić information content (AvgIpc) is 3.42. The van der Waals surface area contributed by atoms with Crippen LogP contribution >= 0.6 is 0 Å². The quantitative estimate of drug-likeness (QED) is 0.641. The fraction of sp³-hybridized carbons (Fsp3) is 0.333. The van der Waals surface area contributed by atoms with Crippen molar-refractivity contribution in [3.63, 3.8) is 0 Å². The number of amides is 2. The van der Waals surface area contributed by atoms with Gasteiger partial charge in [0.25, 0.3) is 5.91 Å². The van der Waals surface area contributed by atoms with Crippen molar-refractivity contribution in [2.75, 3.05) is 6.54 Å². The van der Waals surface area contributed by atoms with Crippen LogP contribution in [-0.2, 0) is 4.79 Å². The second kappa shape index (κ2) is 9.12. The fourth-order valence-electron chi connectivity index (χ4n) is 4.00. The van der Waals surface area contributed by atoms with Gasteiger partial charge in [0.05, 0.1) is 6.20 Å². The van der Waals surface area contributed by atoms with E-state index in [1.807, 2.05) is 74.5 Å². The van der Waals surface area contributed by atoms with Crippen molar-refractivity contribution in [3.05, 3.63) is 83.7 Å². The molecule has 1 aliphatic heterocycles. The van der Waals surface area contributed by atoms with Crippen LogP contribution in [0, 0.1) is 0 Å². The van der Waals surface area contributed by atoms with E-state index in [4.69, 9.17) is 0 Å². The standard InChI is InChI=1S/C24H27N5O2/c1-17(2)28(15-20-13-14-22(30)25-20)24(31)21-16-29(27-26-21)23(18-9-5-3-6-10-18)19-11-7-4-8-12-19/h3-12,16-17,20,23H,13-15H2,1-2H3,(H,25,30)/t20-/m0/s1. The van der Waals surface area contributed by atoms with Gasteiger partial charge in [-0.15, -0.1) is 5.10 Å². The van der Waals surface area contributed by atoms with Gasteiger partial charge in [0, 0.05) is 25.0 Å². The van der Waals surface area contributed by atoms with Crippen molar-refractivity contribution in [2.24, 2.45) is 0 Å². The maximum Gasteiger partial charge on any atom is 0.276 e. The largest absolute Gasteiger partial charge is 0.352 e. The van der Waals surface area contributed by atoms with E-state index in [1.54, 1.807) is 15.8 Å². The summed E-state index contributed by atoms with van der Waals surface area (Å²) in [6.07, 6.45) is 2.97. The number of hydrogen-bond donors (Lipinski definition) is 1. The molecular formula is C24H27N5O2. The maximum atomic E-state index is 13.3. The Morgan fingerprint density at radius 2 is 1.71 bits per heavy atom. The third kappa shape index (κ3) is 4.66. The average molecular weight is 418 g/mol. The highest BCUT2D eigenvalue weighted by molar-refractivity contribution is 5.92. The molecule has 1 atom stereocenters. The number of rotatable bonds is 7. The van der Waals surface area contributed by atoms with Crippen LogP contribution in [0.3, 0.4) is 0 Å². The Bertz CT molecular complexity index is 993. The molecule has 160 valence electrons. The Kier molecular flexibility index (Phi) is 6.11. The number of carbonyl (C=O) groups excluding carboxylic acids is 2. The first kappa shape index (κ1) is 20.8. The summed E-state index contributed by atoms with van der Waals surface area (Å²) in [5.74, 6) is -0.136. The molecule has 3 aromatic rings. The van der Waals surface area contributed by atoms with Gasteiger partial charge < -0.3 is 10.2 Å². The van der Waals surface area contributed by atoms with Gasteiger partial charge in [-0.1, -0.05) is 65.9 Å². The summed E-state index contributed by atoms with van der Waals surface area (Å²) in [6, 6.07) is 19.9. The topological polar surface area (TPSA) is 80.1 Å². The number of aromatic nitrogens is 3. The second-order valence-electron chi connectivity index (χ2n) is 8.16. The third-order valence-electron chi connectivity index (χ3n) is 5.61. The highest BCUT2D eigenvalue weighted by Crippen LogP contribution is 2.26. The molecule has 0 saturated carbocycles. The predicted octanol–water partition coefficient (Wildman–Crippen LogP) is 3.05. The van der Waals surface area contributed by atoms with Crippen molar-refractivity contribution >= 4 is 11.8 Å². The molecule has 0 spiro atoms. The van der Waals surface area contributed by atoms with Crippen molar-refractivity contribution < 1.29 is 9.59 Å². The summed E-state index contributed by atoms with van der Waals surface area (Å²) in [6.45, 7) is 4.40. The van der Waals surface area contributed by atoms with E-state index in [-0.39, 0.29) is 29.9 Å². The monoisotopic (exact) mass is 417 g/mol. The Balaban J connectivity index is 1.61. The molecule has 1 aliphatic rings. The van der Waals surface area contributed by atoms with E-state index in [2.05, 4.69) is 15.6 Å². The van der Waals surface area contributed by atoms with Crippen LogP contribution in [-0.4, -0.2) is 50.3 Å². The van der Waals surface area contributed by atoms with Crippen molar-refractivity contribution in [1.82, 2.24) is 25.2 Å². The number of nitrogens with one attached hydrogen (secondary N) is 1. The molecule has 2 aromatic carbocycles. The zero-order valence-electron chi connectivity index (χ0n) is 17.8. The van der Waals surface area contributed by atoms with Gasteiger partial charge in [0.15, 0.2) is 5.69 Å². The summed E-state index contributed by atoms with van der Waals surface area (Å²) in [5, 5.41) is 11.5. The van der Waals surface area contributed by atoms with Crippen LogP contribution in [0.5, 0.6) is 0 Å². The van der Waals surface area contributed by atoms with Gasteiger partial charge >= 0.3 is 0 Å². The molecule has 2 amide bonds. The molecule has 7 nitrogen and oxygen atoms in total. The molecule has 1 fully saturated rings. The minimum absolute atomic E-state index is 0.0183. The Morgan fingerprint density at radius 1 is 1.10 bits per heavy atom. The van der Waals surface area contributed by atoms with Crippen LogP contribution in [0.2, 0.25) is 0 Å². The van der Waals surface area contributed by atoms with E-state index in [0.717, 1.165) is 17.5 Å². The Labute approximate surface area is 182 Å². The number of benzene rings is 2. The summed E-state index contributed by atoms with van der Waals surface area (Å²) >= 11 is 0. The third-order valence-corrected chi connectivity index (χ3v) is 5.61. The fourth-order valence-corrected chi connectivity index (χ4v) is 4.00. The predicted molar refractivity (Wildman–Crippen MR) is 117 cm³/mol. The van der Waals surface area contributed by atoms with Gasteiger partial charge in [-0.2, -0.15) is 0 Å². The van der Waals surface area contributed by atoms with Gasteiger partial charge in [-0.25, -0.2) is 4.68 Å². The zero-order valence-corrected chi connectivity index (χ0v) is 17.8. The smallest absolute Gasteiger partial charge is 0.276 e. The Hall–Kier alpha value is -3.48. The lowest BCUT2D eigenvalue weighted by atomic mass is 9.99. The Morgan fingerprint density at radius 3 is 2.23 bits per heavy atom. The maximum absolute atomic E-state index is 13.3. The molecule has 2 heterocycles. The molecule has 0 aliphatic carbocycles. The van der Waals surface area contributed by atoms with Gasteiger partial charge in [-0.3, -0.25) is 9.59 Å². The summed E-state index contributed by atoms with van der Waals surface area (Å²) in [5.41, 5.74) is 2.42. The summed E-state index contributed by atoms with van der Waals surface area (Å²) < 4.78 is 1.74. The van der Waals surface area contributed by atoms with Crippen molar-refractivity contribution in [2.45, 2.75) is 44.8 Å². The van der Waals surface area contributed by atoms with Gasteiger partial charge in [-0.05, 0) is 31.4 Å². The van der Waals surface area contributed by atoms with Crippen LogP contribution < -0.4 is 5.32 Å². The first-order chi connectivity index (χ1) is 15.0. The molecule has 1 saturated heterocycles. The number of nitrogens with zero attached hydrogens (tertiary/aromatic N) is 4. The highest BCUT2D eigenvalue weighted by atomic mass is 16.2. The molecule has 0 unspecified atom stereocenters. The number of hydrogen-bond acceptors (Lipinski definition) is 4. The molecule has 4 rings (SSSR count). The van der Waals surface area contributed by atoms with Crippen LogP contribution in [0.4, 0.5) is 0 Å². The molecular weight excluding hydrogens is 390 g/mol. The molecule has 31 heavy (non-hydrogen) atoms. The number of carbonyl (C=O) groups is 2. The van der Waals surface area contributed by atoms with Crippen molar-refractivity contribution in [1.29, 1.82) is 0 Å². The zero-order chi connectivity index (χ0) is 21.8. The summed E-state index contributed by atoms with van der Waals surface area (Å²) in [7, 11) is 0. The molecule has 1 N–H and O–H groups in total. The first-order valence-corrected chi connectivity index (χ1v) is 10.6. The SMILES string of the molecule is CC(C)N(C[C@@H]1CCC(=O)N1)C(=O)c1cn(C(c2ccccc2)c2ccccc2)nn1. The van der Waals surface area contributed by atoms with Gasteiger partial charge in [0.1, 0.15) is 6.04 Å². The minimum Gasteiger partial charge on any atom is -0.352 e. The first-order valence-electron chi connectivity index (χ1n) is 10.6. The van der Waals surface area contributed by atoms with Crippen LogP contribution in [0.15, 0.2) is 66.9 Å².